The minimum Gasteiger partial charge on any atom is -0.494 e. The smallest absolute Gasteiger partial charge is 0.121 e. The zero-order valence-electron chi connectivity index (χ0n) is 9.20. The quantitative estimate of drug-likeness (QED) is 0.811. The molecule has 1 N–H and O–H groups in total. The molecule has 0 amide bonds. The fourth-order valence-electron chi connectivity index (χ4n) is 1.86. The summed E-state index contributed by atoms with van der Waals surface area (Å²) >= 11 is 0. The standard InChI is InChI=1S/C12H18N2O/c1-2-15-12-5-3-4-11(10-12)14-8-6-13-7-9-14/h3-5,10,13H,2,6-9H2,1H3. The molecule has 2 rings (SSSR count). The van der Waals surface area contributed by atoms with Crippen molar-refractivity contribution in [2.24, 2.45) is 0 Å². The molecule has 3 heteroatoms. The van der Waals surface area contributed by atoms with Gasteiger partial charge in [0, 0.05) is 37.9 Å². The van der Waals surface area contributed by atoms with Crippen molar-refractivity contribution in [3.63, 3.8) is 0 Å². The molecule has 1 aliphatic heterocycles. The fourth-order valence-corrected chi connectivity index (χ4v) is 1.86. The number of piperazine rings is 1. The van der Waals surface area contributed by atoms with E-state index in [1.165, 1.54) is 5.69 Å². The number of ether oxygens (including phenoxy) is 1. The van der Waals surface area contributed by atoms with Crippen molar-refractivity contribution < 1.29 is 4.74 Å². The number of nitrogens with one attached hydrogen (secondary N) is 1. The maximum absolute atomic E-state index is 5.50. The van der Waals surface area contributed by atoms with Crippen LogP contribution in [0.5, 0.6) is 5.75 Å². The van der Waals surface area contributed by atoms with Gasteiger partial charge in [0.15, 0.2) is 0 Å². The molecule has 0 saturated carbocycles. The Balaban J connectivity index is 2.09. The molecule has 1 aromatic carbocycles. The summed E-state index contributed by atoms with van der Waals surface area (Å²) in [4.78, 5) is 2.39. The first-order valence-electron chi connectivity index (χ1n) is 5.58. The van der Waals surface area contributed by atoms with Crippen LogP contribution in [0.2, 0.25) is 0 Å². The lowest BCUT2D eigenvalue weighted by Gasteiger charge is -2.29. The summed E-state index contributed by atoms with van der Waals surface area (Å²) in [6.45, 7) is 7.03. The number of benzene rings is 1. The second-order valence-electron chi connectivity index (χ2n) is 3.67. The Morgan fingerprint density at radius 3 is 2.87 bits per heavy atom. The maximum Gasteiger partial charge on any atom is 0.121 e. The van der Waals surface area contributed by atoms with Crippen molar-refractivity contribution >= 4 is 5.69 Å². The molecule has 82 valence electrons. The number of hydrogen-bond donors (Lipinski definition) is 1. The number of nitrogens with zero attached hydrogens (tertiary/aromatic N) is 1. The maximum atomic E-state index is 5.50. The van der Waals surface area contributed by atoms with Gasteiger partial charge in [-0.05, 0) is 19.1 Å². The van der Waals surface area contributed by atoms with Gasteiger partial charge < -0.3 is 15.0 Å². The van der Waals surface area contributed by atoms with Crippen LogP contribution in [0.4, 0.5) is 5.69 Å². The van der Waals surface area contributed by atoms with E-state index in [0.29, 0.717) is 0 Å². The zero-order chi connectivity index (χ0) is 10.5. The number of rotatable bonds is 3. The van der Waals surface area contributed by atoms with Crippen LogP contribution < -0.4 is 15.0 Å². The van der Waals surface area contributed by atoms with Gasteiger partial charge in [-0.2, -0.15) is 0 Å². The molecule has 0 spiro atoms. The van der Waals surface area contributed by atoms with E-state index in [-0.39, 0.29) is 0 Å². The van der Waals surface area contributed by atoms with Crippen LogP contribution in [0.3, 0.4) is 0 Å². The minimum atomic E-state index is 0.727. The molecule has 1 saturated heterocycles. The third-order valence-electron chi connectivity index (χ3n) is 2.61. The summed E-state index contributed by atoms with van der Waals surface area (Å²) in [5, 5.41) is 3.35. The third-order valence-corrected chi connectivity index (χ3v) is 2.61. The second-order valence-corrected chi connectivity index (χ2v) is 3.67. The molecular formula is C12H18N2O. The van der Waals surface area contributed by atoms with Gasteiger partial charge in [-0.1, -0.05) is 6.07 Å². The SMILES string of the molecule is CCOc1cccc(N2CCNCC2)c1. The van der Waals surface area contributed by atoms with Crippen molar-refractivity contribution in [1.29, 1.82) is 0 Å². The average molecular weight is 206 g/mol. The molecule has 0 unspecified atom stereocenters. The van der Waals surface area contributed by atoms with Crippen molar-refractivity contribution in [2.75, 3.05) is 37.7 Å². The highest BCUT2D eigenvalue weighted by molar-refractivity contribution is 5.51. The number of anilines is 1. The van der Waals surface area contributed by atoms with Crippen LogP contribution in [0.25, 0.3) is 0 Å². The molecule has 0 radical (unpaired) electrons. The van der Waals surface area contributed by atoms with Crippen LogP contribution in [0, 0.1) is 0 Å². The zero-order valence-corrected chi connectivity index (χ0v) is 9.20. The van der Waals surface area contributed by atoms with Gasteiger partial charge in [0.1, 0.15) is 5.75 Å². The highest BCUT2D eigenvalue weighted by Gasteiger charge is 2.10. The summed E-state index contributed by atoms with van der Waals surface area (Å²) in [6, 6.07) is 8.33. The van der Waals surface area contributed by atoms with Gasteiger partial charge >= 0.3 is 0 Å². The van der Waals surface area contributed by atoms with E-state index in [9.17, 15) is 0 Å². The normalized spacial score (nSPS) is 16.5. The largest absolute Gasteiger partial charge is 0.494 e. The first kappa shape index (κ1) is 10.3. The van der Waals surface area contributed by atoms with Crippen LogP contribution in [-0.2, 0) is 0 Å². The van der Waals surface area contributed by atoms with Gasteiger partial charge in [0.05, 0.1) is 6.61 Å². The minimum absolute atomic E-state index is 0.727. The molecule has 1 aliphatic rings. The van der Waals surface area contributed by atoms with Gasteiger partial charge in [-0.25, -0.2) is 0 Å². The van der Waals surface area contributed by atoms with Crippen molar-refractivity contribution in [3.8, 4) is 5.75 Å². The summed E-state index contributed by atoms with van der Waals surface area (Å²) in [5.41, 5.74) is 1.27. The highest BCUT2D eigenvalue weighted by atomic mass is 16.5. The van der Waals surface area contributed by atoms with Crippen molar-refractivity contribution in [3.05, 3.63) is 24.3 Å². The van der Waals surface area contributed by atoms with Gasteiger partial charge in [0.25, 0.3) is 0 Å². The molecule has 1 fully saturated rings. The first-order valence-corrected chi connectivity index (χ1v) is 5.58. The van der Waals surface area contributed by atoms with E-state index >= 15 is 0 Å². The number of hydrogen-bond acceptors (Lipinski definition) is 3. The van der Waals surface area contributed by atoms with Crippen molar-refractivity contribution in [1.82, 2.24) is 5.32 Å². The van der Waals surface area contributed by atoms with E-state index in [0.717, 1.165) is 38.5 Å². The lowest BCUT2D eigenvalue weighted by atomic mass is 10.2. The Hall–Kier alpha value is -1.22. The average Bonchev–Trinajstić information content (AvgIpc) is 2.31. The molecule has 3 nitrogen and oxygen atoms in total. The summed E-state index contributed by atoms with van der Waals surface area (Å²) in [7, 11) is 0. The Bertz CT molecular complexity index is 308. The Morgan fingerprint density at radius 1 is 1.33 bits per heavy atom. The fraction of sp³-hybridized carbons (Fsp3) is 0.500. The predicted octanol–water partition coefficient (Wildman–Crippen LogP) is 1.49. The van der Waals surface area contributed by atoms with Gasteiger partial charge in [-0.15, -0.1) is 0 Å². The predicted molar refractivity (Wildman–Crippen MR) is 62.7 cm³/mol. The Morgan fingerprint density at radius 2 is 2.13 bits per heavy atom. The first-order chi connectivity index (χ1) is 7.40. The summed E-state index contributed by atoms with van der Waals surface area (Å²) in [5.74, 6) is 0.966. The lowest BCUT2D eigenvalue weighted by Crippen LogP contribution is -2.43. The summed E-state index contributed by atoms with van der Waals surface area (Å²) in [6.07, 6.45) is 0. The van der Waals surface area contributed by atoms with E-state index < -0.39 is 0 Å². The van der Waals surface area contributed by atoms with Crippen molar-refractivity contribution in [2.45, 2.75) is 6.92 Å². The monoisotopic (exact) mass is 206 g/mol. The van der Waals surface area contributed by atoms with E-state index in [2.05, 4.69) is 28.4 Å². The van der Waals surface area contributed by atoms with E-state index in [1.807, 2.05) is 13.0 Å². The van der Waals surface area contributed by atoms with Crippen LogP contribution in [0.15, 0.2) is 24.3 Å². The second kappa shape index (κ2) is 5.03. The topological polar surface area (TPSA) is 24.5 Å². The molecule has 0 bridgehead atoms. The van der Waals surface area contributed by atoms with Crippen LogP contribution >= 0.6 is 0 Å². The highest BCUT2D eigenvalue weighted by Crippen LogP contribution is 2.21. The van der Waals surface area contributed by atoms with Crippen LogP contribution in [-0.4, -0.2) is 32.8 Å². The molecule has 15 heavy (non-hydrogen) atoms. The molecule has 1 heterocycles. The van der Waals surface area contributed by atoms with E-state index in [4.69, 9.17) is 4.74 Å². The van der Waals surface area contributed by atoms with E-state index in [1.54, 1.807) is 0 Å². The lowest BCUT2D eigenvalue weighted by molar-refractivity contribution is 0.340. The Kier molecular flexibility index (Phi) is 3.45. The third kappa shape index (κ3) is 2.63. The molecule has 0 aliphatic carbocycles. The van der Waals surface area contributed by atoms with Crippen LogP contribution in [0.1, 0.15) is 6.92 Å². The Labute approximate surface area is 91.0 Å². The molecule has 0 atom stereocenters. The molecule has 0 aromatic heterocycles. The molecular weight excluding hydrogens is 188 g/mol. The summed E-state index contributed by atoms with van der Waals surface area (Å²) < 4.78 is 5.50. The molecule has 1 aromatic rings. The van der Waals surface area contributed by atoms with Gasteiger partial charge in [0.2, 0.25) is 0 Å². The van der Waals surface area contributed by atoms with Gasteiger partial charge in [-0.3, -0.25) is 0 Å².